The quantitative estimate of drug-likeness (QED) is 0.483. The van der Waals surface area contributed by atoms with Crippen LogP contribution in [-0.2, 0) is 22.5 Å². The summed E-state index contributed by atoms with van der Waals surface area (Å²) in [5, 5.41) is 1.08. The Labute approximate surface area is 211 Å². The third-order valence-electron chi connectivity index (χ3n) is 5.75. The first kappa shape index (κ1) is 26.2. The Kier molecular flexibility index (Phi) is 8.72. The largest absolute Gasteiger partial charge is 0.497 e. The van der Waals surface area contributed by atoms with Crippen LogP contribution in [0, 0.1) is 0 Å². The lowest BCUT2D eigenvalue weighted by atomic mass is 10.0. The Bertz CT molecular complexity index is 997. The molecule has 2 amide bonds. The number of carbonyl (C=O) groups is 2. The number of rotatable bonds is 6. The van der Waals surface area contributed by atoms with Gasteiger partial charge < -0.3 is 19.3 Å². The summed E-state index contributed by atoms with van der Waals surface area (Å²) in [7, 11) is 1.61. The van der Waals surface area contributed by atoms with Crippen molar-refractivity contribution in [3.63, 3.8) is 0 Å². The van der Waals surface area contributed by atoms with Gasteiger partial charge in [-0.3, -0.25) is 4.79 Å². The molecule has 0 unspecified atom stereocenters. The Morgan fingerprint density at radius 1 is 1.06 bits per heavy atom. The molecule has 0 atom stereocenters. The lowest BCUT2D eigenvalue weighted by Crippen LogP contribution is -2.49. The number of hydrogen-bond donors (Lipinski definition) is 0. The molecule has 0 aliphatic carbocycles. The van der Waals surface area contributed by atoms with Gasteiger partial charge in [0.25, 0.3) is 0 Å². The molecule has 1 fully saturated rings. The lowest BCUT2D eigenvalue weighted by Gasteiger charge is -2.39. The Morgan fingerprint density at radius 3 is 2.26 bits per heavy atom. The fraction of sp³-hybridized carbons (Fsp3) is 0.462. The molecule has 8 heteroatoms. The van der Waals surface area contributed by atoms with E-state index in [0.717, 1.165) is 16.9 Å². The van der Waals surface area contributed by atoms with Crippen molar-refractivity contribution < 1.29 is 19.1 Å². The smallest absolute Gasteiger partial charge is 0.410 e. The predicted octanol–water partition coefficient (Wildman–Crippen LogP) is 5.97. The topological polar surface area (TPSA) is 59.1 Å². The first-order valence-electron chi connectivity index (χ1n) is 11.4. The molecule has 0 spiro atoms. The van der Waals surface area contributed by atoms with Crippen LogP contribution >= 0.6 is 23.2 Å². The lowest BCUT2D eigenvalue weighted by molar-refractivity contribution is -0.134. The molecule has 2 aromatic rings. The van der Waals surface area contributed by atoms with Crippen LogP contribution < -0.4 is 4.74 Å². The van der Waals surface area contributed by atoms with Crippen LogP contribution in [0.25, 0.3) is 0 Å². The monoisotopic (exact) mass is 506 g/mol. The zero-order chi connectivity index (χ0) is 24.9. The number of piperidine rings is 1. The number of carbonyl (C=O) groups excluding carboxylic acids is 2. The first-order valence-corrected chi connectivity index (χ1v) is 12.2. The minimum absolute atomic E-state index is 0.00639. The maximum Gasteiger partial charge on any atom is 0.410 e. The van der Waals surface area contributed by atoms with E-state index in [1.54, 1.807) is 24.1 Å². The van der Waals surface area contributed by atoms with Crippen LogP contribution in [-0.4, -0.2) is 53.6 Å². The van der Waals surface area contributed by atoms with E-state index in [4.69, 9.17) is 32.7 Å². The van der Waals surface area contributed by atoms with E-state index in [1.165, 1.54) is 0 Å². The molecule has 0 aromatic heterocycles. The fourth-order valence-corrected chi connectivity index (χ4v) is 4.43. The molecule has 0 N–H and O–H groups in total. The van der Waals surface area contributed by atoms with Crippen molar-refractivity contribution in [2.75, 3.05) is 20.2 Å². The van der Waals surface area contributed by atoms with Crippen molar-refractivity contribution in [2.45, 2.75) is 58.2 Å². The Hall–Kier alpha value is -2.44. The number of nitrogens with zero attached hydrogens (tertiary/aromatic N) is 2. The van der Waals surface area contributed by atoms with Gasteiger partial charge in [0.2, 0.25) is 5.91 Å². The van der Waals surface area contributed by atoms with Crippen LogP contribution in [0.3, 0.4) is 0 Å². The average molecular weight is 507 g/mol. The van der Waals surface area contributed by atoms with Crippen LogP contribution in [0.4, 0.5) is 4.79 Å². The van der Waals surface area contributed by atoms with Crippen molar-refractivity contribution in [1.82, 2.24) is 9.80 Å². The molecule has 0 bridgehead atoms. The second-order valence-corrected chi connectivity index (χ2v) is 10.3. The summed E-state index contributed by atoms with van der Waals surface area (Å²) in [6, 6.07) is 12.8. The van der Waals surface area contributed by atoms with Gasteiger partial charge in [-0.15, -0.1) is 0 Å². The minimum atomic E-state index is -0.542. The molecule has 1 aliphatic heterocycles. The SMILES string of the molecule is COc1ccc(CC(=O)N(Cc2ccc(Cl)cc2Cl)C2CCN(C(=O)OC(C)(C)C)CC2)cc1. The molecule has 2 aromatic carbocycles. The summed E-state index contributed by atoms with van der Waals surface area (Å²) >= 11 is 12.5. The summed E-state index contributed by atoms with van der Waals surface area (Å²) in [5.41, 5.74) is 1.20. The van der Waals surface area contributed by atoms with Crippen LogP contribution in [0.15, 0.2) is 42.5 Å². The normalized spacial score (nSPS) is 14.6. The van der Waals surface area contributed by atoms with Crippen molar-refractivity contribution in [3.8, 4) is 5.75 Å². The highest BCUT2D eigenvalue weighted by Gasteiger charge is 2.32. The highest BCUT2D eigenvalue weighted by molar-refractivity contribution is 6.35. The van der Waals surface area contributed by atoms with E-state index < -0.39 is 5.60 Å². The minimum Gasteiger partial charge on any atom is -0.497 e. The van der Waals surface area contributed by atoms with Gasteiger partial charge >= 0.3 is 6.09 Å². The number of methoxy groups -OCH3 is 1. The molecular weight excluding hydrogens is 475 g/mol. The maximum absolute atomic E-state index is 13.5. The molecule has 0 radical (unpaired) electrons. The number of likely N-dealkylation sites (tertiary alicyclic amines) is 1. The average Bonchev–Trinajstić information content (AvgIpc) is 2.78. The summed E-state index contributed by atoms with van der Waals surface area (Å²) in [6.07, 6.45) is 1.28. The molecule has 3 rings (SSSR count). The van der Waals surface area contributed by atoms with E-state index in [9.17, 15) is 9.59 Å². The van der Waals surface area contributed by atoms with Crippen LogP contribution in [0.2, 0.25) is 10.0 Å². The van der Waals surface area contributed by atoms with Gasteiger partial charge in [-0.1, -0.05) is 41.4 Å². The number of amides is 2. The third kappa shape index (κ3) is 7.28. The van der Waals surface area contributed by atoms with Gasteiger partial charge in [0.15, 0.2) is 0 Å². The van der Waals surface area contributed by atoms with Gasteiger partial charge in [0.05, 0.1) is 13.5 Å². The number of ether oxygens (including phenoxy) is 2. The Balaban J connectivity index is 1.74. The number of hydrogen-bond acceptors (Lipinski definition) is 4. The van der Waals surface area contributed by atoms with E-state index in [-0.39, 0.29) is 24.5 Å². The van der Waals surface area contributed by atoms with Crippen molar-refractivity contribution in [1.29, 1.82) is 0 Å². The van der Waals surface area contributed by atoms with Gasteiger partial charge in [-0.25, -0.2) is 4.79 Å². The fourth-order valence-electron chi connectivity index (χ4n) is 3.96. The highest BCUT2D eigenvalue weighted by Crippen LogP contribution is 2.27. The molecule has 1 heterocycles. The van der Waals surface area contributed by atoms with Gasteiger partial charge in [0, 0.05) is 35.7 Å². The number of benzene rings is 2. The highest BCUT2D eigenvalue weighted by atomic mass is 35.5. The van der Waals surface area contributed by atoms with E-state index in [0.29, 0.717) is 42.5 Å². The van der Waals surface area contributed by atoms with Gasteiger partial charge in [-0.05, 0) is 69.0 Å². The predicted molar refractivity (Wildman–Crippen MR) is 135 cm³/mol. The number of halogens is 2. The van der Waals surface area contributed by atoms with Crippen molar-refractivity contribution in [3.05, 3.63) is 63.6 Å². The standard InChI is InChI=1S/C26H32Cl2N2O4/c1-26(2,3)34-25(32)29-13-11-21(12-14-29)30(17-19-7-8-20(27)16-23(19)28)24(31)15-18-5-9-22(33-4)10-6-18/h5-10,16,21H,11-15,17H2,1-4H3. The molecule has 1 saturated heterocycles. The molecule has 184 valence electrons. The molecular formula is C26H32Cl2N2O4. The van der Waals surface area contributed by atoms with Gasteiger partial charge in [-0.2, -0.15) is 0 Å². The maximum atomic E-state index is 13.5. The van der Waals surface area contributed by atoms with Gasteiger partial charge in [0.1, 0.15) is 11.4 Å². The molecule has 1 aliphatic rings. The summed E-state index contributed by atoms with van der Waals surface area (Å²) in [4.78, 5) is 29.5. The molecule has 6 nitrogen and oxygen atoms in total. The zero-order valence-corrected chi connectivity index (χ0v) is 21.7. The van der Waals surface area contributed by atoms with Crippen molar-refractivity contribution >= 4 is 35.2 Å². The molecule has 0 saturated carbocycles. The van der Waals surface area contributed by atoms with Crippen LogP contribution in [0.5, 0.6) is 5.75 Å². The summed E-state index contributed by atoms with van der Waals surface area (Å²) in [5.74, 6) is 0.752. The second-order valence-electron chi connectivity index (χ2n) is 9.48. The second kappa shape index (κ2) is 11.3. The Morgan fingerprint density at radius 2 is 1.71 bits per heavy atom. The molecule has 34 heavy (non-hydrogen) atoms. The van der Waals surface area contributed by atoms with E-state index in [1.807, 2.05) is 56.0 Å². The van der Waals surface area contributed by atoms with E-state index in [2.05, 4.69) is 0 Å². The summed E-state index contributed by atoms with van der Waals surface area (Å²) < 4.78 is 10.7. The first-order chi connectivity index (χ1) is 16.1. The van der Waals surface area contributed by atoms with Crippen molar-refractivity contribution in [2.24, 2.45) is 0 Å². The van der Waals surface area contributed by atoms with E-state index >= 15 is 0 Å². The third-order valence-corrected chi connectivity index (χ3v) is 6.33. The zero-order valence-electron chi connectivity index (χ0n) is 20.1. The summed E-state index contributed by atoms with van der Waals surface area (Å²) in [6.45, 7) is 7.00. The van der Waals surface area contributed by atoms with Crippen LogP contribution in [0.1, 0.15) is 44.7 Å².